The molecule has 0 saturated carbocycles. The van der Waals surface area contributed by atoms with E-state index in [4.69, 9.17) is 4.74 Å². The Hall–Kier alpha value is -1.08. The maximum atomic E-state index is 11.7. The summed E-state index contributed by atoms with van der Waals surface area (Å²) in [4.78, 5) is 11.7. The van der Waals surface area contributed by atoms with Crippen LogP contribution in [-0.4, -0.2) is 25.7 Å². The van der Waals surface area contributed by atoms with E-state index in [0.717, 1.165) is 13.4 Å². The molecule has 0 heterocycles. The first kappa shape index (κ1) is 19.2. The lowest BCUT2D eigenvalue weighted by atomic mass is 10.1. The number of ether oxygens (including phenoxy) is 1. The third kappa shape index (κ3) is 5.77. The minimum absolute atomic E-state index is 0.0431. The van der Waals surface area contributed by atoms with Crippen LogP contribution in [0.2, 0.25) is 0 Å². The summed E-state index contributed by atoms with van der Waals surface area (Å²) in [5.74, 6) is 0.774. The number of phenolic OH excluding ortho intramolecular Hbond substituents is 1. The Balaban J connectivity index is 2.19. The first-order valence-electron chi connectivity index (χ1n) is 6.59. The van der Waals surface area contributed by atoms with E-state index in [9.17, 15) is 18.3 Å². The van der Waals surface area contributed by atoms with Crippen molar-refractivity contribution in [2.75, 3.05) is 6.26 Å². The molecule has 0 aromatic heterocycles. The van der Waals surface area contributed by atoms with Gasteiger partial charge in [-0.1, -0.05) is 0 Å². The van der Waals surface area contributed by atoms with E-state index >= 15 is 0 Å². The summed E-state index contributed by atoms with van der Waals surface area (Å²) in [7, 11) is -3.56. The molecule has 0 bridgehead atoms. The van der Waals surface area contributed by atoms with Crippen molar-refractivity contribution < 1.29 is 23.1 Å². The molecular formula is C15H13I2NO5S. The van der Waals surface area contributed by atoms with Gasteiger partial charge in [0.1, 0.15) is 11.5 Å². The van der Waals surface area contributed by atoms with Crippen LogP contribution in [0.5, 0.6) is 17.2 Å². The van der Waals surface area contributed by atoms with E-state index in [1.54, 1.807) is 24.3 Å². The molecule has 0 radical (unpaired) electrons. The predicted molar refractivity (Wildman–Crippen MR) is 107 cm³/mol. The van der Waals surface area contributed by atoms with Gasteiger partial charge in [0.2, 0.25) is 15.9 Å². The zero-order valence-corrected chi connectivity index (χ0v) is 17.5. The largest absolute Gasteiger partial charge is 0.508 e. The fourth-order valence-electron chi connectivity index (χ4n) is 1.87. The number of hydrogen-bond acceptors (Lipinski definition) is 5. The molecule has 0 spiro atoms. The molecule has 0 fully saturated rings. The highest BCUT2D eigenvalue weighted by molar-refractivity contribution is 14.1. The molecule has 2 aromatic carbocycles. The highest BCUT2D eigenvalue weighted by atomic mass is 127. The Morgan fingerprint density at radius 3 is 2.21 bits per heavy atom. The first-order valence-corrected chi connectivity index (χ1v) is 10.6. The van der Waals surface area contributed by atoms with E-state index in [-0.39, 0.29) is 12.2 Å². The van der Waals surface area contributed by atoms with Crippen molar-refractivity contribution in [2.45, 2.75) is 6.42 Å². The Labute approximate surface area is 166 Å². The zero-order valence-electron chi connectivity index (χ0n) is 12.4. The van der Waals surface area contributed by atoms with Crippen LogP contribution in [0.25, 0.3) is 0 Å². The van der Waals surface area contributed by atoms with Crippen LogP contribution in [0.4, 0.5) is 0 Å². The number of carbonyl (C=O) groups excluding carboxylic acids is 1. The van der Waals surface area contributed by atoms with Gasteiger partial charge in [-0.3, -0.25) is 9.52 Å². The molecule has 1 amide bonds. The lowest BCUT2D eigenvalue weighted by Crippen LogP contribution is -2.30. The Morgan fingerprint density at radius 1 is 1.17 bits per heavy atom. The van der Waals surface area contributed by atoms with Crippen LogP contribution < -0.4 is 9.46 Å². The van der Waals surface area contributed by atoms with Gasteiger partial charge < -0.3 is 9.84 Å². The molecule has 0 aliphatic carbocycles. The van der Waals surface area contributed by atoms with Crippen molar-refractivity contribution in [1.29, 1.82) is 0 Å². The van der Waals surface area contributed by atoms with Crippen molar-refractivity contribution in [1.82, 2.24) is 4.72 Å². The number of sulfonamides is 1. The molecule has 0 aliphatic heterocycles. The molecule has 0 unspecified atom stereocenters. The number of halogens is 2. The average molecular weight is 573 g/mol. The van der Waals surface area contributed by atoms with Crippen molar-refractivity contribution in [3.8, 4) is 17.2 Å². The number of amides is 1. The monoisotopic (exact) mass is 573 g/mol. The van der Waals surface area contributed by atoms with Gasteiger partial charge in [-0.05, 0) is 87.1 Å². The van der Waals surface area contributed by atoms with Gasteiger partial charge in [-0.25, -0.2) is 8.42 Å². The summed E-state index contributed by atoms with van der Waals surface area (Å²) in [5, 5.41) is 9.29. The normalized spacial score (nSPS) is 11.1. The molecule has 2 N–H and O–H groups in total. The molecule has 128 valence electrons. The fraction of sp³-hybridized carbons (Fsp3) is 0.133. The molecular weight excluding hydrogens is 560 g/mol. The standard InChI is InChI=1S/C15H13I2NO5S/c1-24(21,22)18-14(20)8-9-6-12(16)15(13(17)7-9)23-11-4-2-10(19)3-5-11/h2-7,19H,8H2,1H3,(H,18,20). The smallest absolute Gasteiger partial charge is 0.237 e. The SMILES string of the molecule is CS(=O)(=O)NC(=O)Cc1cc(I)c(Oc2ccc(O)cc2)c(I)c1. The van der Waals surface area contributed by atoms with Crippen LogP contribution >= 0.6 is 45.2 Å². The molecule has 9 heteroatoms. The van der Waals surface area contributed by atoms with Gasteiger partial charge in [0, 0.05) is 0 Å². The number of phenols is 1. The lowest BCUT2D eigenvalue weighted by Gasteiger charge is -2.12. The van der Waals surface area contributed by atoms with E-state index in [1.807, 2.05) is 4.72 Å². The number of hydrogen-bond donors (Lipinski definition) is 2. The van der Waals surface area contributed by atoms with Crippen LogP contribution in [0.3, 0.4) is 0 Å². The lowest BCUT2D eigenvalue weighted by molar-refractivity contribution is -0.118. The second-order valence-corrected chi connectivity index (χ2v) is 9.03. The average Bonchev–Trinajstić information content (AvgIpc) is 2.42. The molecule has 2 rings (SSSR count). The maximum absolute atomic E-state index is 11.7. The Kier molecular flexibility index (Phi) is 6.31. The number of rotatable bonds is 5. The van der Waals surface area contributed by atoms with E-state index in [1.165, 1.54) is 12.1 Å². The molecule has 0 atom stereocenters. The van der Waals surface area contributed by atoms with Gasteiger partial charge in [0.05, 0.1) is 19.8 Å². The molecule has 0 aliphatic rings. The molecule has 0 saturated heterocycles. The summed E-state index contributed by atoms with van der Waals surface area (Å²) in [5.41, 5.74) is 0.683. The Morgan fingerprint density at radius 2 is 1.71 bits per heavy atom. The quantitative estimate of drug-likeness (QED) is 0.537. The summed E-state index contributed by atoms with van der Waals surface area (Å²) in [6.45, 7) is 0. The van der Waals surface area contributed by atoms with Crippen molar-refractivity contribution in [3.05, 3.63) is 49.1 Å². The number of benzene rings is 2. The third-order valence-corrected chi connectivity index (χ3v) is 4.98. The van der Waals surface area contributed by atoms with Gasteiger partial charge >= 0.3 is 0 Å². The van der Waals surface area contributed by atoms with Gasteiger partial charge in [-0.2, -0.15) is 0 Å². The van der Waals surface area contributed by atoms with Crippen molar-refractivity contribution in [3.63, 3.8) is 0 Å². The van der Waals surface area contributed by atoms with E-state index in [0.29, 0.717) is 17.1 Å². The molecule has 24 heavy (non-hydrogen) atoms. The topological polar surface area (TPSA) is 92.7 Å². The van der Waals surface area contributed by atoms with Gasteiger partial charge in [0.25, 0.3) is 0 Å². The zero-order chi connectivity index (χ0) is 17.9. The Bertz CT molecular complexity index is 843. The number of carbonyl (C=O) groups is 1. The second kappa shape index (κ2) is 7.87. The second-order valence-electron chi connectivity index (χ2n) is 4.96. The summed E-state index contributed by atoms with van der Waals surface area (Å²) >= 11 is 4.18. The highest BCUT2D eigenvalue weighted by Gasteiger charge is 2.14. The minimum atomic E-state index is -3.56. The summed E-state index contributed by atoms with van der Waals surface area (Å²) < 4.78 is 31.5. The van der Waals surface area contributed by atoms with E-state index < -0.39 is 15.9 Å². The molecule has 6 nitrogen and oxygen atoms in total. The molecule has 2 aromatic rings. The van der Waals surface area contributed by atoms with Gasteiger partial charge in [-0.15, -0.1) is 0 Å². The van der Waals surface area contributed by atoms with Gasteiger partial charge in [0.15, 0.2) is 5.75 Å². The van der Waals surface area contributed by atoms with Crippen molar-refractivity contribution >= 4 is 61.1 Å². The predicted octanol–water partition coefficient (Wildman–Crippen LogP) is 3.01. The van der Waals surface area contributed by atoms with Crippen molar-refractivity contribution in [2.24, 2.45) is 0 Å². The maximum Gasteiger partial charge on any atom is 0.237 e. The fourth-order valence-corrected chi connectivity index (χ4v) is 4.48. The van der Waals surface area contributed by atoms with Crippen LogP contribution in [0.1, 0.15) is 5.56 Å². The summed E-state index contributed by atoms with van der Waals surface area (Å²) in [6, 6.07) is 9.88. The number of nitrogens with one attached hydrogen (secondary N) is 1. The number of aromatic hydroxyl groups is 1. The van der Waals surface area contributed by atoms with Crippen LogP contribution in [-0.2, 0) is 21.2 Å². The highest BCUT2D eigenvalue weighted by Crippen LogP contribution is 2.33. The minimum Gasteiger partial charge on any atom is -0.508 e. The summed E-state index contributed by atoms with van der Waals surface area (Å²) in [6.07, 6.45) is 0.894. The van der Waals surface area contributed by atoms with Crippen LogP contribution in [0.15, 0.2) is 36.4 Å². The third-order valence-electron chi connectivity index (χ3n) is 2.78. The van der Waals surface area contributed by atoms with E-state index in [2.05, 4.69) is 45.2 Å². The van der Waals surface area contributed by atoms with Crippen LogP contribution in [0, 0.1) is 7.14 Å². The first-order chi connectivity index (χ1) is 11.1.